The van der Waals surface area contributed by atoms with E-state index in [9.17, 15) is 14.9 Å². The first-order valence-electron chi connectivity index (χ1n) is 11.4. The molecular weight excluding hydrogens is 496 g/mol. The number of rotatable bonds is 8. The molecule has 182 valence electrons. The SMILES string of the molecule is O=C(NCc1ccccc1)c1c(N=Cc2ccc(Sc3ncn[nH]3)c([N+](=O)[O-])c2)sc2c1CCCC2. The minimum atomic E-state index is -0.428. The first-order chi connectivity index (χ1) is 17.6. The van der Waals surface area contributed by atoms with Crippen LogP contribution in [0.1, 0.15) is 44.8 Å². The molecule has 2 N–H and O–H groups in total. The van der Waals surface area contributed by atoms with E-state index in [1.165, 1.54) is 28.6 Å². The Morgan fingerprint density at radius 1 is 1.22 bits per heavy atom. The Bertz CT molecular complexity index is 1420. The number of benzene rings is 2. The summed E-state index contributed by atoms with van der Waals surface area (Å²) in [5.74, 6) is -0.143. The molecule has 11 heteroatoms. The van der Waals surface area contributed by atoms with Crippen LogP contribution in [0.25, 0.3) is 0 Å². The standard InChI is InChI=1S/C25H22N6O3S2/c32-23(26-13-16-6-2-1-3-7-16)22-18-8-4-5-9-20(18)35-24(22)27-14-17-10-11-21(19(12-17)31(33)34)36-25-28-15-29-30-25/h1-3,6-7,10-12,14-15H,4-5,8-9,13H2,(H,26,32)(H,28,29,30). The summed E-state index contributed by atoms with van der Waals surface area (Å²) in [7, 11) is 0. The first-order valence-corrected chi connectivity index (χ1v) is 13.0. The second-order valence-electron chi connectivity index (χ2n) is 8.19. The van der Waals surface area contributed by atoms with Gasteiger partial charge in [-0.15, -0.1) is 11.3 Å². The third kappa shape index (κ3) is 5.37. The van der Waals surface area contributed by atoms with Gasteiger partial charge in [0.1, 0.15) is 11.3 Å². The summed E-state index contributed by atoms with van der Waals surface area (Å²) in [5.41, 5.74) is 3.25. The van der Waals surface area contributed by atoms with Gasteiger partial charge in [-0.2, -0.15) is 5.10 Å². The third-order valence-electron chi connectivity index (χ3n) is 5.79. The number of fused-ring (bicyclic) bond motifs is 1. The van der Waals surface area contributed by atoms with Crippen LogP contribution in [0.4, 0.5) is 10.7 Å². The van der Waals surface area contributed by atoms with E-state index in [-0.39, 0.29) is 11.6 Å². The number of nitrogens with one attached hydrogen (secondary N) is 2. The fourth-order valence-electron chi connectivity index (χ4n) is 4.07. The summed E-state index contributed by atoms with van der Waals surface area (Å²) in [6.07, 6.45) is 6.87. The number of nitro benzene ring substituents is 1. The summed E-state index contributed by atoms with van der Waals surface area (Å²) in [6, 6.07) is 14.7. The summed E-state index contributed by atoms with van der Waals surface area (Å²) in [6.45, 7) is 0.434. The average molecular weight is 519 g/mol. The number of aromatic amines is 1. The van der Waals surface area contributed by atoms with Crippen LogP contribution < -0.4 is 5.32 Å². The number of hydrogen-bond donors (Lipinski definition) is 2. The van der Waals surface area contributed by atoms with Gasteiger partial charge in [-0.25, -0.2) is 9.98 Å². The van der Waals surface area contributed by atoms with Gasteiger partial charge in [0.05, 0.1) is 15.4 Å². The minimum Gasteiger partial charge on any atom is -0.348 e. The maximum Gasteiger partial charge on any atom is 0.283 e. The Balaban J connectivity index is 1.41. The number of aryl methyl sites for hydroxylation is 1. The van der Waals surface area contributed by atoms with Gasteiger partial charge < -0.3 is 5.32 Å². The highest BCUT2D eigenvalue weighted by molar-refractivity contribution is 7.99. The van der Waals surface area contributed by atoms with Gasteiger partial charge in [0.2, 0.25) is 0 Å². The van der Waals surface area contributed by atoms with Crippen LogP contribution in [0.2, 0.25) is 0 Å². The van der Waals surface area contributed by atoms with Crippen LogP contribution in [0, 0.1) is 10.1 Å². The van der Waals surface area contributed by atoms with E-state index in [0.29, 0.717) is 32.7 Å². The summed E-state index contributed by atoms with van der Waals surface area (Å²) >= 11 is 2.67. The molecular formula is C25H22N6O3S2. The van der Waals surface area contributed by atoms with Crippen molar-refractivity contribution in [2.24, 2.45) is 4.99 Å². The monoisotopic (exact) mass is 518 g/mol. The van der Waals surface area contributed by atoms with Gasteiger partial charge in [-0.1, -0.05) is 36.4 Å². The Kier molecular flexibility index (Phi) is 7.19. The molecule has 0 saturated carbocycles. The van der Waals surface area contributed by atoms with Crippen LogP contribution >= 0.6 is 23.1 Å². The number of nitro groups is 1. The Labute approximate surface area is 215 Å². The molecule has 2 aromatic carbocycles. The predicted molar refractivity (Wildman–Crippen MR) is 139 cm³/mol. The molecule has 0 aliphatic heterocycles. The van der Waals surface area contributed by atoms with E-state index >= 15 is 0 Å². The van der Waals surface area contributed by atoms with Crippen LogP contribution in [-0.2, 0) is 19.4 Å². The zero-order valence-electron chi connectivity index (χ0n) is 19.1. The lowest BCUT2D eigenvalue weighted by Crippen LogP contribution is -2.24. The van der Waals surface area contributed by atoms with Crippen molar-refractivity contribution >= 4 is 45.9 Å². The molecule has 9 nitrogen and oxygen atoms in total. The maximum atomic E-state index is 13.2. The smallest absolute Gasteiger partial charge is 0.283 e. The Morgan fingerprint density at radius 3 is 2.83 bits per heavy atom. The fraction of sp³-hybridized carbons (Fsp3) is 0.200. The number of thiophene rings is 1. The molecule has 0 spiro atoms. The van der Waals surface area contributed by atoms with Crippen LogP contribution in [-0.4, -0.2) is 32.2 Å². The fourth-order valence-corrected chi connectivity index (χ4v) is 6.08. The molecule has 2 heterocycles. The molecule has 0 atom stereocenters. The van der Waals surface area contributed by atoms with Gasteiger partial charge in [-0.05, 0) is 60.2 Å². The third-order valence-corrected chi connectivity index (χ3v) is 7.94. The number of aromatic nitrogens is 3. The number of aliphatic imine (C=N–C) groups is 1. The van der Waals surface area contributed by atoms with Crippen LogP contribution in [0.3, 0.4) is 0 Å². The molecule has 36 heavy (non-hydrogen) atoms. The first kappa shape index (κ1) is 23.9. The normalized spacial score (nSPS) is 13.0. The van der Waals surface area contributed by atoms with Gasteiger partial charge in [-0.3, -0.25) is 20.0 Å². The van der Waals surface area contributed by atoms with E-state index < -0.39 is 4.92 Å². The molecule has 0 unspecified atom stereocenters. The number of carbonyl (C=O) groups excluding carboxylic acids is 1. The van der Waals surface area contributed by atoms with Crippen molar-refractivity contribution < 1.29 is 9.72 Å². The number of H-pyrrole nitrogens is 1. The van der Waals surface area contributed by atoms with Crippen molar-refractivity contribution in [3.63, 3.8) is 0 Å². The molecule has 1 amide bonds. The van der Waals surface area contributed by atoms with Crippen molar-refractivity contribution in [2.45, 2.75) is 42.3 Å². The molecule has 0 saturated heterocycles. The topological polar surface area (TPSA) is 126 Å². The van der Waals surface area contributed by atoms with E-state index in [1.54, 1.807) is 18.3 Å². The Morgan fingerprint density at radius 2 is 2.06 bits per heavy atom. The highest BCUT2D eigenvalue weighted by Crippen LogP contribution is 2.40. The van der Waals surface area contributed by atoms with Gasteiger partial charge >= 0.3 is 0 Å². The van der Waals surface area contributed by atoms with Crippen molar-refractivity contribution in [3.8, 4) is 0 Å². The molecule has 1 aliphatic rings. The summed E-state index contributed by atoms with van der Waals surface area (Å²) in [4.78, 5) is 34.8. The van der Waals surface area contributed by atoms with Gasteiger partial charge in [0, 0.05) is 23.7 Å². The number of nitrogens with zero attached hydrogens (tertiary/aromatic N) is 4. The summed E-state index contributed by atoms with van der Waals surface area (Å²) in [5, 5.41) is 22.3. The van der Waals surface area contributed by atoms with Crippen molar-refractivity contribution in [1.29, 1.82) is 0 Å². The molecule has 4 aromatic rings. The molecule has 0 bridgehead atoms. The second-order valence-corrected chi connectivity index (χ2v) is 10.3. The van der Waals surface area contributed by atoms with E-state index in [4.69, 9.17) is 0 Å². The summed E-state index contributed by atoms with van der Waals surface area (Å²) < 4.78 is 0. The van der Waals surface area contributed by atoms with Crippen molar-refractivity contribution in [1.82, 2.24) is 20.5 Å². The van der Waals surface area contributed by atoms with E-state index in [1.807, 2.05) is 30.3 Å². The van der Waals surface area contributed by atoms with Gasteiger partial charge in [0.25, 0.3) is 11.6 Å². The molecule has 2 aromatic heterocycles. The van der Waals surface area contributed by atoms with Crippen LogP contribution in [0.15, 0.2) is 69.9 Å². The van der Waals surface area contributed by atoms with E-state index in [2.05, 4.69) is 25.5 Å². The molecule has 0 fully saturated rings. The average Bonchev–Trinajstić information content (AvgIpc) is 3.54. The second kappa shape index (κ2) is 10.8. The largest absolute Gasteiger partial charge is 0.348 e. The lowest BCUT2D eigenvalue weighted by Gasteiger charge is -2.12. The Hall–Kier alpha value is -3.83. The predicted octanol–water partition coefficient (Wildman–Crippen LogP) is 5.49. The minimum absolute atomic E-state index is 0.0494. The highest BCUT2D eigenvalue weighted by Gasteiger charge is 2.25. The van der Waals surface area contributed by atoms with Gasteiger partial charge in [0.15, 0.2) is 5.16 Å². The van der Waals surface area contributed by atoms with E-state index in [0.717, 1.165) is 48.6 Å². The quantitative estimate of drug-likeness (QED) is 0.181. The maximum absolute atomic E-state index is 13.2. The van der Waals surface area contributed by atoms with Crippen LogP contribution in [0.5, 0.6) is 0 Å². The number of hydrogen-bond acceptors (Lipinski definition) is 8. The lowest BCUT2D eigenvalue weighted by atomic mass is 9.95. The molecule has 1 aliphatic carbocycles. The number of carbonyl (C=O) groups is 1. The zero-order chi connectivity index (χ0) is 24.9. The lowest BCUT2D eigenvalue weighted by molar-refractivity contribution is -0.387. The molecule has 5 rings (SSSR count). The number of amides is 1. The van der Waals surface area contributed by atoms with Crippen molar-refractivity contribution in [2.75, 3.05) is 0 Å². The van der Waals surface area contributed by atoms with Crippen molar-refractivity contribution in [3.05, 3.63) is 92.1 Å². The highest BCUT2D eigenvalue weighted by atomic mass is 32.2. The molecule has 0 radical (unpaired) electrons. The zero-order valence-corrected chi connectivity index (χ0v) is 20.8.